The maximum absolute atomic E-state index is 11.5. The maximum atomic E-state index is 11.5. The van der Waals surface area contributed by atoms with Gasteiger partial charge in [-0.1, -0.05) is 6.07 Å². The lowest BCUT2D eigenvalue weighted by Crippen LogP contribution is -2.34. The Balaban J connectivity index is 2.24. The van der Waals surface area contributed by atoms with Crippen molar-refractivity contribution in [1.82, 2.24) is 4.98 Å². The highest BCUT2D eigenvalue weighted by Gasteiger charge is 2.29. The molecule has 1 aromatic heterocycles. The van der Waals surface area contributed by atoms with Crippen LogP contribution >= 0.6 is 0 Å². The number of hydrogen-bond donors (Lipinski definition) is 1. The van der Waals surface area contributed by atoms with Gasteiger partial charge < -0.3 is 5.73 Å². The topological polar surface area (TPSA) is 59.2 Å². The molecule has 4 nitrogen and oxygen atoms in total. The summed E-state index contributed by atoms with van der Waals surface area (Å²) in [6.07, 6.45) is 2.39. The van der Waals surface area contributed by atoms with Crippen LogP contribution in [0.5, 0.6) is 0 Å². The van der Waals surface area contributed by atoms with Gasteiger partial charge in [-0.3, -0.25) is 9.69 Å². The van der Waals surface area contributed by atoms with Crippen LogP contribution in [0.2, 0.25) is 0 Å². The van der Waals surface area contributed by atoms with Crippen LogP contribution in [0, 0.1) is 0 Å². The van der Waals surface area contributed by atoms with Crippen LogP contribution in [-0.4, -0.2) is 23.5 Å². The Morgan fingerprint density at radius 2 is 2.38 bits per heavy atom. The average molecular weight is 177 g/mol. The highest BCUT2D eigenvalue weighted by atomic mass is 16.2. The van der Waals surface area contributed by atoms with E-state index in [9.17, 15) is 4.79 Å². The smallest absolute Gasteiger partial charge is 0.245 e. The second kappa shape index (κ2) is 3.14. The third-order valence-electron chi connectivity index (χ3n) is 2.17. The van der Waals surface area contributed by atoms with Crippen molar-refractivity contribution in [3.05, 3.63) is 24.4 Å². The second-order valence-corrected chi connectivity index (χ2v) is 3.07. The molecular formula is C9H11N3O. The predicted molar refractivity (Wildman–Crippen MR) is 49.2 cm³/mol. The zero-order valence-electron chi connectivity index (χ0n) is 7.18. The van der Waals surface area contributed by atoms with Gasteiger partial charge >= 0.3 is 0 Å². The molecule has 0 saturated carbocycles. The molecule has 1 aliphatic heterocycles. The molecule has 4 heteroatoms. The molecule has 2 N–H and O–H groups in total. The number of hydrogen-bond acceptors (Lipinski definition) is 3. The molecule has 0 radical (unpaired) electrons. The third kappa shape index (κ3) is 1.40. The standard InChI is InChI=1S/C9H11N3O/c10-7-4-6-12(9(7)13)8-3-1-2-5-11-8/h1-3,5,7H,4,6,10H2/t7-/m0/s1. The van der Waals surface area contributed by atoms with E-state index in [1.807, 2.05) is 18.2 Å². The number of amides is 1. The van der Waals surface area contributed by atoms with E-state index < -0.39 is 0 Å². The van der Waals surface area contributed by atoms with Crippen molar-refractivity contribution < 1.29 is 4.79 Å². The van der Waals surface area contributed by atoms with Crippen molar-refractivity contribution in [2.75, 3.05) is 11.4 Å². The number of anilines is 1. The number of nitrogens with zero attached hydrogens (tertiary/aromatic N) is 2. The molecule has 1 atom stereocenters. The summed E-state index contributed by atoms with van der Waals surface area (Å²) in [4.78, 5) is 17.2. The number of carbonyl (C=O) groups is 1. The molecule has 0 spiro atoms. The molecule has 13 heavy (non-hydrogen) atoms. The van der Waals surface area contributed by atoms with E-state index in [2.05, 4.69) is 4.98 Å². The first-order chi connectivity index (χ1) is 6.29. The molecular weight excluding hydrogens is 166 g/mol. The highest BCUT2D eigenvalue weighted by molar-refractivity contribution is 5.98. The first-order valence-electron chi connectivity index (χ1n) is 4.27. The molecule has 1 aromatic rings. The molecule has 1 amide bonds. The molecule has 1 saturated heterocycles. The summed E-state index contributed by atoms with van der Waals surface area (Å²) in [7, 11) is 0. The zero-order valence-corrected chi connectivity index (χ0v) is 7.18. The fraction of sp³-hybridized carbons (Fsp3) is 0.333. The summed E-state index contributed by atoms with van der Waals surface area (Å²) in [6, 6.07) is 5.15. The van der Waals surface area contributed by atoms with E-state index in [1.165, 1.54) is 0 Å². The Morgan fingerprint density at radius 1 is 1.54 bits per heavy atom. The number of pyridine rings is 1. The van der Waals surface area contributed by atoms with E-state index in [4.69, 9.17) is 5.73 Å². The molecule has 0 bridgehead atoms. The van der Waals surface area contributed by atoms with Crippen LogP contribution in [0.25, 0.3) is 0 Å². The first-order valence-corrected chi connectivity index (χ1v) is 4.27. The fourth-order valence-electron chi connectivity index (χ4n) is 1.44. The van der Waals surface area contributed by atoms with Gasteiger partial charge in [0, 0.05) is 12.7 Å². The molecule has 68 valence electrons. The van der Waals surface area contributed by atoms with Gasteiger partial charge in [0.1, 0.15) is 5.82 Å². The van der Waals surface area contributed by atoms with Gasteiger partial charge in [0.25, 0.3) is 0 Å². The molecule has 2 rings (SSSR count). The van der Waals surface area contributed by atoms with Crippen molar-refractivity contribution >= 4 is 11.7 Å². The third-order valence-corrected chi connectivity index (χ3v) is 2.17. The normalized spacial score (nSPS) is 22.4. The van der Waals surface area contributed by atoms with E-state index in [0.29, 0.717) is 12.4 Å². The SMILES string of the molecule is N[C@H]1CCN(c2ccccn2)C1=O. The Hall–Kier alpha value is -1.42. The predicted octanol–water partition coefficient (Wildman–Crippen LogP) is 0.146. The summed E-state index contributed by atoms with van der Waals surface area (Å²) in [5.41, 5.74) is 5.59. The monoisotopic (exact) mass is 177 g/mol. The van der Waals surface area contributed by atoms with Gasteiger partial charge in [-0.25, -0.2) is 4.98 Å². The van der Waals surface area contributed by atoms with E-state index >= 15 is 0 Å². The Kier molecular flexibility index (Phi) is 1.98. The van der Waals surface area contributed by atoms with Gasteiger partial charge in [-0.05, 0) is 18.6 Å². The van der Waals surface area contributed by atoms with E-state index in [1.54, 1.807) is 11.1 Å². The summed E-state index contributed by atoms with van der Waals surface area (Å²) in [6.45, 7) is 0.678. The Labute approximate surface area is 76.4 Å². The van der Waals surface area contributed by atoms with Gasteiger partial charge in [-0.15, -0.1) is 0 Å². The van der Waals surface area contributed by atoms with Crippen LogP contribution in [0.4, 0.5) is 5.82 Å². The molecule has 1 fully saturated rings. The summed E-state index contributed by atoms with van der Waals surface area (Å²) in [5.74, 6) is 0.666. The van der Waals surface area contributed by atoms with Crippen molar-refractivity contribution in [2.24, 2.45) is 5.73 Å². The van der Waals surface area contributed by atoms with Gasteiger partial charge in [-0.2, -0.15) is 0 Å². The van der Waals surface area contributed by atoms with Gasteiger partial charge in [0.05, 0.1) is 6.04 Å². The van der Waals surface area contributed by atoms with Crippen molar-refractivity contribution in [2.45, 2.75) is 12.5 Å². The molecule has 0 unspecified atom stereocenters. The largest absolute Gasteiger partial charge is 0.320 e. The Bertz CT molecular complexity index is 312. The lowest BCUT2D eigenvalue weighted by Gasteiger charge is -2.13. The minimum atomic E-state index is -0.345. The number of rotatable bonds is 1. The quantitative estimate of drug-likeness (QED) is 0.664. The van der Waals surface area contributed by atoms with Gasteiger partial charge in [0.2, 0.25) is 5.91 Å². The van der Waals surface area contributed by atoms with Crippen molar-refractivity contribution in [1.29, 1.82) is 0 Å². The first kappa shape index (κ1) is 8.19. The summed E-state index contributed by atoms with van der Waals surface area (Å²) in [5, 5.41) is 0. The minimum absolute atomic E-state index is 0.0290. The molecule has 0 aliphatic carbocycles. The van der Waals surface area contributed by atoms with Crippen molar-refractivity contribution in [3.8, 4) is 0 Å². The van der Waals surface area contributed by atoms with E-state index in [-0.39, 0.29) is 11.9 Å². The number of aromatic nitrogens is 1. The Morgan fingerprint density at radius 3 is 2.92 bits per heavy atom. The summed E-state index contributed by atoms with van der Waals surface area (Å²) >= 11 is 0. The van der Waals surface area contributed by atoms with Crippen LogP contribution in [0.3, 0.4) is 0 Å². The minimum Gasteiger partial charge on any atom is -0.320 e. The number of nitrogens with two attached hydrogens (primary N) is 1. The van der Waals surface area contributed by atoms with Gasteiger partial charge in [0.15, 0.2) is 0 Å². The fourth-order valence-corrected chi connectivity index (χ4v) is 1.44. The van der Waals surface area contributed by atoms with E-state index in [0.717, 1.165) is 6.42 Å². The summed E-state index contributed by atoms with van der Waals surface area (Å²) < 4.78 is 0. The van der Waals surface area contributed by atoms with Crippen LogP contribution in [0.1, 0.15) is 6.42 Å². The maximum Gasteiger partial charge on any atom is 0.245 e. The molecule has 2 heterocycles. The lowest BCUT2D eigenvalue weighted by atomic mass is 10.3. The number of carbonyl (C=O) groups excluding carboxylic acids is 1. The zero-order chi connectivity index (χ0) is 9.26. The highest BCUT2D eigenvalue weighted by Crippen LogP contribution is 2.17. The van der Waals surface area contributed by atoms with Crippen LogP contribution in [0.15, 0.2) is 24.4 Å². The lowest BCUT2D eigenvalue weighted by molar-refractivity contribution is -0.118. The second-order valence-electron chi connectivity index (χ2n) is 3.07. The molecule has 1 aliphatic rings. The molecule has 0 aromatic carbocycles. The van der Waals surface area contributed by atoms with Crippen LogP contribution in [-0.2, 0) is 4.79 Å². The average Bonchev–Trinajstić information content (AvgIpc) is 2.49. The van der Waals surface area contributed by atoms with Crippen molar-refractivity contribution in [3.63, 3.8) is 0 Å². The van der Waals surface area contributed by atoms with Crippen LogP contribution < -0.4 is 10.6 Å².